The average molecular weight is 258 g/mol. The van der Waals surface area contributed by atoms with Gasteiger partial charge in [-0.15, -0.1) is 0 Å². The summed E-state index contributed by atoms with van der Waals surface area (Å²) in [4.78, 5) is 2.36. The fourth-order valence-electron chi connectivity index (χ4n) is 2.18. The summed E-state index contributed by atoms with van der Waals surface area (Å²) in [5, 5.41) is 4.23. The average Bonchev–Trinajstić information content (AvgIpc) is 2.80. The van der Waals surface area contributed by atoms with E-state index in [1.807, 2.05) is 17.9 Å². The first-order valence-electron chi connectivity index (χ1n) is 6.68. The Bertz CT molecular complexity index is 518. The van der Waals surface area contributed by atoms with Crippen LogP contribution in [0.1, 0.15) is 17.5 Å². The van der Waals surface area contributed by atoms with Crippen molar-refractivity contribution >= 4 is 5.69 Å². The third-order valence-corrected chi connectivity index (χ3v) is 3.13. The first-order chi connectivity index (χ1) is 9.19. The molecule has 0 unspecified atom stereocenters. The Balaban J connectivity index is 2.15. The Morgan fingerprint density at radius 3 is 2.84 bits per heavy atom. The first-order valence-corrected chi connectivity index (χ1v) is 6.68. The Morgan fingerprint density at radius 1 is 1.37 bits per heavy atom. The van der Waals surface area contributed by atoms with E-state index >= 15 is 0 Å². The molecule has 1 aromatic carbocycles. The maximum Gasteiger partial charge on any atom is 0.0539 e. The predicted octanol–water partition coefficient (Wildman–Crippen LogP) is 2.08. The van der Waals surface area contributed by atoms with Crippen molar-refractivity contribution in [2.24, 2.45) is 12.8 Å². The minimum Gasteiger partial charge on any atom is -0.367 e. The lowest BCUT2D eigenvalue weighted by molar-refractivity contribution is 0.733. The van der Waals surface area contributed by atoms with Crippen molar-refractivity contribution < 1.29 is 0 Å². The Kier molecular flexibility index (Phi) is 4.58. The smallest absolute Gasteiger partial charge is 0.0539 e. The molecule has 0 bridgehead atoms. The molecule has 1 aromatic heterocycles. The molecule has 0 fully saturated rings. The van der Waals surface area contributed by atoms with Gasteiger partial charge in [0.15, 0.2) is 0 Å². The molecular weight excluding hydrogens is 236 g/mol. The zero-order valence-electron chi connectivity index (χ0n) is 11.7. The third kappa shape index (κ3) is 3.83. The van der Waals surface area contributed by atoms with E-state index in [0.717, 1.165) is 26.1 Å². The van der Waals surface area contributed by atoms with Crippen LogP contribution in [0.5, 0.6) is 0 Å². The third-order valence-electron chi connectivity index (χ3n) is 3.13. The normalized spacial score (nSPS) is 10.7. The lowest BCUT2D eigenvalue weighted by atomic mass is 10.2. The Labute approximate surface area is 114 Å². The second kappa shape index (κ2) is 6.38. The highest BCUT2D eigenvalue weighted by atomic mass is 15.2. The van der Waals surface area contributed by atoms with Crippen LogP contribution in [0.2, 0.25) is 0 Å². The molecule has 0 amide bonds. The quantitative estimate of drug-likeness (QED) is 0.863. The van der Waals surface area contributed by atoms with Crippen LogP contribution in [-0.4, -0.2) is 22.9 Å². The lowest BCUT2D eigenvalue weighted by Gasteiger charge is -2.24. The van der Waals surface area contributed by atoms with E-state index in [1.165, 1.54) is 16.8 Å². The number of benzene rings is 1. The molecule has 0 aliphatic rings. The van der Waals surface area contributed by atoms with Gasteiger partial charge < -0.3 is 10.6 Å². The number of anilines is 1. The van der Waals surface area contributed by atoms with Crippen molar-refractivity contribution in [3.05, 3.63) is 47.8 Å². The van der Waals surface area contributed by atoms with Gasteiger partial charge in [-0.05, 0) is 37.6 Å². The van der Waals surface area contributed by atoms with Gasteiger partial charge in [-0.25, -0.2) is 0 Å². The minimum absolute atomic E-state index is 0.718. The van der Waals surface area contributed by atoms with Crippen molar-refractivity contribution in [2.75, 3.05) is 18.0 Å². The molecule has 2 aromatic rings. The van der Waals surface area contributed by atoms with E-state index < -0.39 is 0 Å². The van der Waals surface area contributed by atoms with E-state index in [0.29, 0.717) is 0 Å². The molecule has 102 valence electrons. The van der Waals surface area contributed by atoms with Crippen LogP contribution in [0.4, 0.5) is 5.69 Å². The largest absolute Gasteiger partial charge is 0.367 e. The molecule has 4 nitrogen and oxygen atoms in total. The molecule has 19 heavy (non-hydrogen) atoms. The summed E-state index contributed by atoms with van der Waals surface area (Å²) in [6, 6.07) is 8.59. The summed E-state index contributed by atoms with van der Waals surface area (Å²) in [6.07, 6.45) is 4.98. The molecule has 0 atom stereocenters. The zero-order chi connectivity index (χ0) is 13.7. The van der Waals surface area contributed by atoms with Crippen LogP contribution in [0, 0.1) is 6.92 Å². The van der Waals surface area contributed by atoms with Crippen LogP contribution < -0.4 is 10.6 Å². The van der Waals surface area contributed by atoms with Gasteiger partial charge in [-0.3, -0.25) is 4.68 Å². The number of nitrogens with zero attached hydrogens (tertiary/aromatic N) is 3. The molecule has 4 heteroatoms. The molecule has 0 saturated carbocycles. The van der Waals surface area contributed by atoms with Crippen LogP contribution in [0.25, 0.3) is 0 Å². The second-order valence-electron chi connectivity index (χ2n) is 4.93. The molecule has 2 rings (SSSR count). The van der Waals surface area contributed by atoms with Crippen molar-refractivity contribution in [2.45, 2.75) is 19.9 Å². The van der Waals surface area contributed by atoms with Crippen molar-refractivity contribution in [3.8, 4) is 0 Å². The molecule has 1 heterocycles. The topological polar surface area (TPSA) is 47.1 Å². The molecule has 0 aliphatic heterocycles. The predicted molar refractivity (Wildman–Crippen MR) is 79.1 cm³/mol. The maximum atomic E-state index is 5.64. The van der Waals surface area contributed by atoms with Gasteiger partial charge >= 0.3 is 0 Å². The summed E-state index contributed by atoms with van der Waals surface area (Å²) in [5.74, 6) is 0. The summed E-state index contributed by atoms with van der Waals surface area (Å²) in [6.45, 7) is 4.68. The van der Waals surface area contributed by atoms with E-state index in [-0.39, 0.29) is 0 Å². The Morgan fingerprint density at radius 2 is 2.21 bits per heavy atom. The molecular formula is C15H22N4. The standard InChI is InChI=1S/C15H22N4/c1-13-5-3-6-15(9-13)19(8-4-7-16)12-14-10-17-18(2)11-14/h3,5-6,9-11H,4,7-8,12,16H2,1-2H3. The van der Waals surface area contributed by atoms with Crippen molar-refractivity contribution in [1.82, 2.24) is 9.78 Å². The maximum absolute atomic E-state index is 5.64. The van der Waals surface area contributed by atoms with Gasteiger partial charge in [-0.1, -0.05) is 12.1 Å². The van der Waals surface area contributed by atoms with Crippen LogP contribution in [-0.2, 0) is 13.6 Å². The highest BCUT2D eigenvalue weighted by Crippen LogP contribution is 2.18. The first kappa shape index (κ1) is 13.6. The van der Waals surface area contributed by atoms with E-state index in [1.54, 1.807) is 0 Å². The van der Waals surface area contributed by atoms with E-state index in [9.17, 15) is 0 Å². The van der Waals surface area contributed by atoms with Gasteiger partial charge in [0.1, 0.15) is 0 Å². The summed E-state index contributed by atoms with van der Waals surface area (Å²) in [7, 11) is 1.94. The molecule has 0 aliphatic carbocycles. The lowest BCUT2D eigenvalue weighted by Crippen LogP contribution is -2.25. The van der Waals surface area contributed by atoms with Gasteiger partial charge in [-0.2, -0.15) is 5.10 Å². The monoisotopic (exact) mass is 258 g/mol. The molecule has 0 spiro atoms. The number of hydrogen-bond donors (Lipinski definition) is 1. The van der Waals surface area contributed by atoms with E-state index in [2.05, 4.69) is 47.4 Å². The van der Waals surface area contributed by atoms with Crippen molar-refractivity contribution in [3.63, 3.8) is 0 Å². The number of aromatic nitrogens is 2. The molecule has 0 saturated heterocycles. The second-order valence-corrected chi connectivity index (χ2v) is 4.93. The molecule has 2 N–H and O–H groups in total. The zero-order valence-corrected chi connectivity index (χ0v) is 11.7. The fraction of sp³-hybridized carbons (Fsp3) is 0.400. The summed E-state index contributed by atoms with van der Waals surface area (Å²) >= 11 is 0. The number of hydrogen-bond acceptors (Lipinski definition) is 3. The highest BCUT2D eigenvalue weighted by Gasteiger charge is 2.08. The minimum atomic E-state index is 0.718. The van der Waals surface area contributed by atoms with Crippen LogP contribution >= 0.6 is 0 Å². The van der Waals surface area contributed by atoms with Gasteiger partial charge in [0.2, 0.25) is 0 Å². The van der Waals surface area contributed by atoms with Gasteiger partial charge in [0, 0.05) is 37.6 Å². The Hall–Kier alpha value is -1.81. The van der Waals surface area contributed by atoms with Gasteiger partial charge in [0.05, 0.1) is 6.20 Å². The fourth-order valence-corrected chi connectivity index (χ4v) is 2.18. The van der Waals surface area contributed by atoms with Crippen LogP contribution in [0.15, 0.2) is 36.7 Å². The molecule has 0 radical (unpaired) electrons. The van der Waals surface area contributed by atoms with Crippen molar-refractivity contribution in [1.29, 1.82) is 0 Å². The number of nitrogens with two attached hydrogens (primary N) is 1. The SMILES string of the molecule is Cc1cccc(N(CCCN)Cc2cnn(C)c2)c1. The van der Waals surface area contributed by atoms with Gasteiger partial charge in [0.25, 0.3) is 0 Å². The van der Waals surface area contributed by atoms with Crippen LogP contribution in [0.3, 0.4) is 0 Å². The van der Waals surface area contributed by atoms with E-state index in [4.69, 9.17) is 5.73 Å². The number of aryl methyl sites for hydroxylation is 2. The summed E-state index contributed by atoms with van der Waals surface area (Å²) < 4.78 is 1.84. The number of rotatable bonds is 6. The highest BCUT2D eigenvalue weighted by molar-refractivity contribution is 5.48. The summed E-state index contributed by atoms with van der Waals surface area (Å²) in [5.41, 5.74) is 9.39.